The first kappa shape index (κ1) is 11.5. The summed E-state index contributed by atoms with van der Waals surface area (Å²) >= 11 is 0. The standard InChI is InChI=1S/C13H17F2N/c14-12-7-11(8-13(15)9-12)4-6-16-5-3-10-1-2-10/h7-10,16H,1-6H2. The Kier molecular flexibility index (Phi) is 3.88. The highest BCUT2D eigenvalue weighted by Crippen LogP contribution is 2.31. The van der Waals surface area contributed by atoms with Gasteiger partial charge in [-0.3, -0.25) is 0 Å². The van der Waals surface area contributed by atoms with Crippen molar-refractivity contribution >= 4 is 0 Å². The second-order valence-corrected chi connectivity index (χ2v) is 4.51. The topological polar surface area (TPSA) is 12.0 Å². The lowest BCUT2D eigenvalue weighted by Crippen LogP contribution is -2.19. The van der Waals surface area contributed by atoms with E-state index in [2.05, 4.69) is 5.32 Å². The molecule has 0 amide bonds. The maximum Gasteiger partial charge on any atom is 0.126 e. The van der Waals surface area contributed by atoms with E-state index in [0.717, 1.165) is 30.6 Å². The van der Waals surface area contributed by atoms with E-state index in [1.165, 1.54) is 31.4 Å². The quantitative estimate of drug-likeness (QED) is 0.734. The normalized spacial score (nSPS) is 15.4. The van der Waals surface area contributed by atoms with Crippen LogP contribution in [-0.4, -0.2) is 13.1 Å². The van der Waals surface area contributed by atoms with Crippen molar-refractivity contribution in [2.75, 3.05) is 13.1 Å². The molecule has 0 heterocycles. The van der Waals surface area contributed by atoms with Gasteiger partial charge in [0.2, 0.25) is 0 Å². The Hall–Kier alpha value is -0.960. The highest BCUT2D eigenvalue weighted by Gasteiger charge is 2.19. The molecule has 0 unspecified atom stereocenters. The predicted octanol–water partition coefficient (Wildman–Crippen LogP) is 2.90. The number of hydrogen-bond donors (Lipinski definition) is 1. The average Bonchev–Trinajstić information content (AvgIpc) is 2.99. The fraction of sp³-hybridized carbons (Fsp3) is 0.538. The van der Waals surface area contributed by atoms with Gasteiger partial charge in [-0.05, 0) is 49.5 Å². The third-order valence-corrected chi connectivity index (χ3v) is 2.94. The number of benzene rings is 1. The van der Waals surface area contributed by atoms with Crippen LogP contribution < -0.4 is 5.32 Å². The largest absolute Gasteiger partial charge is 0.316 e. The molecule has 0 saturated heterocycles. The molecule has 16 heavy (non-hydrogen) atoms. The number of halogens is 2. The van der Waals surface area contributed by atoms with Crippen LogP contribution in [-0.2, 0) is 6.42 Å². The molecule has 1 aliphatic carbocycles. The van der Waals surface area contributed by atoms with E-state index in [1.807, 2.05) is 0 Å². The van der Waals surface area contributed by atoms with Crippen molar-refractivity contribution in [3.05, 3.63) is 35.4 Å². The second kappa shape index (κ2) is 5.39. The van der Waals surface area contributed by atoms with E-state index in [4.69, 9.17) is 0 Å². The van der Waals surface area contributed by atoms with E-state index in [9.17, 15) is 8.78 Å². The van der Waals surface area contributed by atoms with Gasteiger partial charge in [-0.2, -0.15) is 0 Å². The zero-order chi connectivity index (χ0) is 11.4. The van der Waals surface area contributed by atoms with Crippen LogP contribution in [0.4, 0.5) is 8.78 Å². The molecule has 0 spiro atoms. The maximum atomic E-state index is 12.9. The molecule has 0 radical (unpaired) electrons. The van der Waals surface area contributed by atoms with Gasteiger partial charge in [0.1, 0.15) is 11.6 Å². The number of hydrogen-bond acceptors (Lipinski definition) is 1. The molecule has 1 aromatic rings. The Morgan fingerprint density at radius 2 is 1.75 bits per heavy atom. The van der Waals surface area contributed by atoms with E-state index in [0.29, 0.717) is 6.42 Å². The Morgan fingerprint density at radius 1 is 1.06 bits per heavy atom. The molecule has 0 bridgehead atoms. The lowest BCUT2D eigenvalue weighted by Gasteiger charge is -2.04. The van der Waals surface area contributed by atoms with Crippen molar-refractivity contribution < 1.29 is 8.78 Å². The van der Waals surface area contributed by atoms with Gasteiger partial charge >= 0.3 is 0 Å². The van der Waals surface area contributed by atoms with Crippen LogP contribution in [0, 0.1) is 17.6 Å². The van der Waals surface area contributed by atoms with Crippen LogP contribution in [0.15, 0.2) is 18.2 Å². The van der Waals surface area contributed by atoms with Gasteiger partial charge in [-0.25, -0.2) is 8.78 Å². The summed E-state index contributed by atoms with van der Waals surface area (Å²) in [6, 6.07) is 3.70. The van der Waals surface area contributed by atoms with Crippen molar-refractivity contribution in [2.24, 2.45) is 5.92 Å². The Morgan fingerprint density at radius 3 is 2.38 bits per heavy atom. The van der Waals surface area contributed by atoms with Gasteiger partial charge in [-0.15, -0.1) is 0 Å². The molecule has 3 heteroatoms. The molecule has 0 atom stereocenters. The van der Waals surface area contributed by atoms with Gasteiger partial charge in [0.15, 0.2) is 0 Å². The van der Waals surface area contributed by atoms with Crippen molar-refractivity contribution in [1.29, 1.82) is 0 Å². The molecule has 88 valence electrons. The molecule has 1 aromatic carbocycles. The Labute approximate surface area is 94.9 Å². The van der Waals surface area contributed by atoms with Crippen molar-refractivity contribution in [2.45, 2.75) is 25.7 Å². The first-order valence-electron chi connectivity index (χ1n) is 5.90. The minimum absolute atomic E-state index is 0.493. The molecule has 1 saturated carbocycles. The summed E-state index contributed by atoms with van der Waals surface area (Å²) < 4.78 is 25.7. The second-order valence-electron chi connectivity index (χ2n) is 4.51. The minimum Gasteiger partial charge on any atom is -0.316 e. The van der Waals surface area contributed by atoms with Crippen molar-refractivity contribution in [3.8, 4) is 0 Å². The highest BCUT2D eigenvalue weighted by molar-refractivity contribution is 5.18. The molecule has 0 aliphatic heterocycles. The number of rotatable bonds is 6. The van der Waals surface area contributed by atoms with Gasteiger partial charge in [-0.1, -0.05) is 12.8 Å². The van der Waals surface area contributed by atoms with Crippen LogP contribution in [0.3, 0.4) is 0 Å². The zero-order valence-corrected chi connectivity index (χ0v) is 9.31. The van der Waals surface area contributed by atoms with E-state index >= 15 is 0 Å². The monoisotopic (exact) mass is 225 g/mol. The number of nitrogens with one attached hydrogen (secondary N) is 1. The van der Waals surface area contributed by atoms with Gasteiger partial charge in [0, 0.05) is 6.07 Å². The first-order chi connectivity index (χ1) is 7.74. The first-order valence-corrected chi connectivity index (χ1v) is 5.90. The van der Waals surface area contributed by atoms with Crippen LogP contribution in [0.25, 0.3) is 0 Å². The molecule has 1 fully saturated rings. The lowest BCUT2D eigenvalue weighted by molar-refractivity contribution is 0.575. The molecule has 1 N–H and O–H groups in total. The van der Waals surface area contributed by atoms with Crippen molar-refractivity contribution in [1.82, 2.24) is 5.32 Å². The van der Waals surface area contributed by atoms with Crippen LogP contribution in [0.1, 0.15) is 24.8 Å². The fourth-order valence-corrected chi connectivity index (χ4v) is 1.83. The predicted molar refractivity (Wildman–Crippen MR) is 60.3 cm³/mol. The summed E-state index contributed by atoms with van der Waals surface area (Å²) in [7, 11) is 0. The summed E-state index contributed by atoms with van der Waals surface area (Å²) in [5.74, 6) is -0.0555. The maximum absolute atomic E-state index is 12.9. The summed E-state index contributed by atoms with van der Waals surface area (Å²) in [5, 5.41) is 3.30. The van der Waals surface area contributed by atoms with Crippen LogP contribution in [0.2, 0.25) is 0 Å². The summed E-state index contributed by atoms with van der Waals surface area (Å²) in [6.07, 6.45) is 4.66. The zero-order valence-electron chi connectivity index (χ0n) is 9.31. The molecule has 0 aromatic heterocycles. The lowest BCUT2D eigenvalue weighted by atomic mass is 10.1. The minimum atomic E-state index is -0.493. The van der Waals surface area contributed by atoms with Gasteiger partial charge in [0.05, 0.1) is 0 Å². The molecule has 1 aliphatic rings. The average molecular weight is 225 g/mol. The van der Waals surface area contributed by atoms with E-state index < -0.39 is 11.6 Å². The molecular formula is C13H17F2N. The molecule has 1 nitrogen and oxygen atoms in total. The van der Waals surface area contributed by atoms with E-state index in [-0.39, 0.29) is 0 Å². The van der Waals surface area contributed by atoms with Gasteiger partial charge < -0.3 is 5.32 Å². The SMILES string of the molecule is Fc1cc(F)cc(CCNCCC2CC2)c1. The third-order valence-electron chi connectivity index (χ3n) is 2.94. The van der Waals surface area contributed by atoms with Crippen molar-refractivity contribution in [3.63, 3.8) is 0 Å². The Bertz CT molecular complexity index is 328. The van der Waals surface area contributed by atoms with Crippen LogP contribution in [0.5, 0.6) is 0 Å². The highest BCUT2D eigenvalue weighted by atomic mass is 19.1. The summed E-state index contributed by atoms with van der Waals surface area (Å²) in [5.41, 5.74) is 0.719. The fourth-order valence-electron chi connectivity index (χ4n) is 1.83. The summed E-state index contributed by atoms with van der Waals surface area (Å²) in [4.78, 5) is 0. The van der Waals surface area contributed by atoms with Crippen LogP contribution >= 0.6 is 0 Å². The molecule has 2 rings (SSSR count). The van der Waals surface area contributed by atoms with E-state index in [1.54, 1.807) is 0 Å². The summed E-state index contributed by atoms with van der Waals surface area (Å²) in [6.45, 7) is 1.80. The van der Waals surface area contributed by atoms with Gasteiger partial charge in [0.25, 0.3) is 0 Å². The molecular weight excluding hydrogens is 208 g/mol. The Balaban J connectivity index is 1.67. The smallest absolute Gasteiger partial charge is 0.126 e. The third kappa shape index (κ3) is 3.89.